The largest absolute Gasteiger partial charge is 0.396 e. The van der Waals surface area contributed by atoms with Crippen LogP contribution < -0.4 is 0 Å². The molecule has 0 heterocycles. The molecule has 0 aliphatic carbocycles. The molecule has 0 saturated heterocycles. The minimum Gasteiger partial charge on any atom is -0.396 e. The van der Waals surface area contributed by atoms with Crippen LogP contribution in [0.5, 0.6) is 0 Å². The highest BCUT2D eigenvalue weighted by Crippen LogP contribution is 2.13. The van der Waals surface area contributed by atoms with Crippen molar-refractivity contribution in [3.8, 4) is 0 Å². The van der Waals surface area contributed by atoms with E-state index in [1.807, 2.05) is 0 Å². The molecule has 0 aromatic heterocycles. The lowest BCUT2D eigenvalue weighted by Crippen LogP contribution is -2.44. The second-order valence-electron chi connectivity index (χ2n) is 2.41. The Morgan fingerprint density at radius 1 is 1.40 bits per heavy atom. The molecule has 0 fully saturated rings. The Morgan fingerprint density at radius 2 is 1.90 bits per heavy atom. The van der Waals surface area contributed by atoms with Gasteiger partial charge in [-0.3, -0.25) is 0 Å². The second kappa shape index (κ2) is 3.88. The molecular weight excluding hydrogens is 136 g/mol. The molecule has 0 aromatic carbocycles. The first-order valence-electron chi connectivity index (χ1n) is 3.19. The number of aliphatic hydroxyl groups is 4. The van der Waals surface area contributed by atoms with Gasteiger partial charge in [-0.25, -0.2) is 0 Å². The summed E-state index contributed by atoms with van der Waals surface area (Å²) in [7, 11) is 0. The molecule has 0 aliphatic rings. The molecular formula is C6H14O4. The van der Waals surface area contributed by atoms with E-state index in [1.54, 1.807) is 0 Å². The van der Waals surface area contributed by atoms with Crippen molar-refractivity contribution in [2.24, 2.45) is 0 Å². The molecule has 10 heavy (non-hydrogen) atoms. The van der Waals surface area contributed by atoms with Crippen molar-refractivity contribution in [1.29, 1.82) is 0 Å². The molecule has 0 radical (unpaired) electrons. The topological polar surface area (TPSA) is 80.9 Å². The van der Waals surface area contributed by atoms with Crippen molar-refractivity contribution in [1.82, 2.24) is 0 Å². The number of hydrogen-bond acceptors (Lipinski definition) is 4. The zero-order chi connectivity index (χ0) is 8.20. The zero-order valence-electron chi connectivity index (χ0n) is 5.99. The third kappa shape index (κ3) is 2.22. The normalized spacial score (nSPS) is 20.1. The van der Waals surface area contributed by atoms with E-state index in [2.05, 4.69) is 0 Å². The first-order valence-corrected chi connectivity index (χ1v) is 3.19. The zero-order valence-corrected chi connectivity index (χ0v) is 5.99. The maximum absolute atomic E-state index is 9.24. The fraction of sp³-hybridized carbons (Fsp3) is 1.00. The summed E-state index contributed by atoms with van der Waals surface area (Å²) in [5.41, 5.74) is -1.55. The highest BCUT2D eigenvalue weighted by molar-refractivity contribution is 4.82. The molecule has 0 saturated carbocycles. The van der Waals surface area contributed by atoms with E-state index in [-0.39, 0.29) is 13.0 Å². The fourth-order valence-corrected chi connectivity index (χ4v) is 0.614. The van der Waals surface area contributed by atoms with E-state index in [0.29, 0.717) is 0 Å². The van der Waals surface area contributed by atoms with Crippen molar-refractivity contribution in [2.45, 2.75) is 25.0 Å². The van der Waals surface area contributed by atoms with E-state index < -0.39 is 18.3 Å². The average Bonchev–Trinajstić information content (AvgIpc) is 1.88. The van der Waals surface area contributed by atoms with Gasteiger partial charge in [0, 0.05) is 13.0 Å². The molecule has 4 N–H and O–H groups in total. The lowest BCUT2D eigenvalue weighted by Gasteiger charge is -2.27. The third-order valence-electron chi connectivity index (χ3n) is 1.60. The highest BCUT2D eigenvalue weighted by atomic mass is 16.4. The summed E-state index contributed by atoms with van der Waals surface area (Å²) in [6.45, 7) is 0.582. The number of hydrogen-bond donors (Lipinski definition) is 4. The van der Waals surface area contributed by atoms with Crippen LogP contribution in [0, 0.1) is 0 Å². The van der Waals surface area contributed by atoms with Gasteiger partial charge in [-0.15, -0.1) is 0 Å². The van der Waals surface area contributed by atoms with Crippen LogP contribution >= 0.6 is 0 Å². The average molecular weight is 150 g/mol. The second-order valence-corrected chi connectivity index (χ2v) is 2.41. The van der Waals surface area contributed by atoms with Gasteiger partial charge in [0.15, 0.2) is 0 Å². The van der Waals surface area contributed by atoms with Crippen LogP contribution in [0.1, 0.15) is 13.3 Å². The predicted molar refractivity (Wildman–Crippen MR) is 35.4 cm³/mol. The summed E-state index contributed by atoms with van der Waals surface area (Å²) in [4.78, 5) is 0. The van der Waals surface area contributed by atoms with E-state index in [9.17, 15) is 5.11 Å². The molecule has 0 aliphatic heterocycles. The number of rotatable bonds is 4. The van der Waals surface area contributed by atoms with Gasteiger partial charge < -0.3 is 20.4 Å². The van der Waals surface area contributed by atoms with Crippen molar-refractivity contribution in [3.63, 3.8) is 0 Å². The van der Waals surface area contributed by atoms with Crippen LogP contribution in [-0.2, 0) is 0 Å². The molecule has 0 spiro atoms. The van der Waals surface area contributed by atoms with Crippen LogP contribution in [0.2, 0.25) is 0 Å². The summed E-state index contributed by atoms with van der Waals surface area (Å²) < 4.78 is 0. The van der Waals surface area contributed by atoms with Gasteiger partial charge in [-0.05, 0) is 6.92 Å². The van der Waals surface area contributed by atoms with Gasteiger partial charge in [-0.2, -0.15) is 0 Å². The summed E-state index contributed by atoms with van der Waals surface area (Å²) in [6, 6.07) is 0. The first kappa shape index (κ1) is 9.84. The number of aliphatic hydroxyl groups excluding tert-OH is 3. The van der Waals surface area contributed by atoms with Gasteiger partial charge in [0.2, 0.25) is 0 Å². The van der Waals surface area contributed by atoms with Crippen molar-refractivity contribution in [2.75, 3.05) is 13.2 Å². The Bertz CT molecular complexity index is 93.7. The lowest BCUT2D eigenvalue weighted by molar-refractivity contribution is -0.108. The van der Waals surface area contributed by atoms with Crippen LogP contribution in [0.25, 0.3) is 0 Å². The van der Waals surface area contributed by atoms with Gasteiger partial charge in [-0.1, -0.05) is 0 Å². The van der Waals surface area contributed by atoms with E-state index >= 15 is 0 Å². The Balaban J connectivity index is 3.94. The molecule has 2 atom stereocenters. The Labute approximate surface area is 59.7 Å². The third-order valence-corrected chi connectivity index (χ3v) is 1.60. The summed E-state index contributed by atoms with van der Waals surface area (Å²) in [6.07, 6.45) is -1.04. The van der Waals surface area contributed by atoms with Gasteiger partial charge in [0.05, 0.1) is 12.7 Å². The molecule has 0 amide bonds. The summed E-state index contributed by atoms with van der Waals surface area (Å²) >= 11 is 0. The summed E-state index contributed by atoms with van der Waals surface area (Å²) in [5, 5.41) is 35.1. The van der Waals surface area contributed by atoms with Gasteiger partial charge in [0.1, 0.15) is 5.60 Å². The lowest BCUT2D eigenvalue weighted by atomic mass is 9.95. The van der Waals surface area contributed by atoms with Crippen LogP contribution in [0.3, 0.4) is 0 Å². The van der Waals surface area contributed by atoms with Crippen LogP contribution in [0.15, 0.2) is 0 Å². The van der Waals surface area contributed by atoms with Gasteiger partial charge >= 0.3 is 0 Å². The SMILES string of the molecule is CC(O)C(O)(CO)CCO. The first-order chi connectivity index (χ1) is 4.56. The molecule has 0 rings (SSSR count). The van der Waals surface area contributed by atoms with E-state index in [1.165, 1.54) is 6.92 Å². The van der Waals surface area contributed by atoms with Gasteiger partial charge in [0.25, 0.3) is 0 Å². The standard InChI is InChI=1S/C6H14O4/c1-5(9)6(10,4-8)2-3-7/h5,7-10H,2-4H2,1H3. The quantitative estimate of drug-likeness (QED) is 0.392. The molecule has 62 valence electrons. The maximum atomic E-state index is 9.24. The smallest absolute Gasteiger partial charge is 0.115 e. The molecule has 0 aromatic rings. The Morgan fingerprint density at radius 3 is 2.00 bits per heavy atom. The highest BCUT2D eigenvalue weighted by Gasteiger charge is 2.30. The van der Waals surface area contributed by atoms with Crippen molar-refractivity contribution >= 4 is 0 Å². The minimum atomic E-state index is -1.55. The monoisotopic (exact) mass is 150 g/mol. The molecule has 4 nitrogen and oxygen atoms in total. The fourth-order valence-electron chi connectivity index (χ4n) is 0.614. The minimum absolute atomic E-state index is 0.0127. The molecule has 0 bridgehead atoms. The van der Waals surface area contributed by atoms with Crippen LogP contribution in [0.4, 0.5) is 0 Å². The van der Waals surface area contributed by atoms with Crippen molar-refractivity contribution in [3.05, 3.63) is 0 Å². The van der Waals surface area contributed by atoms with E-state index in [0.717, 1.165) is 0 Å². The van der Waals surface area contributed by atoms with Crippen molar-refractivity contribution < 1.29 is 20.4 Å². The van der Waals surface area contributed by atoms with E-state index in [4.69, 9.17) is 15.3 Å². The van der Waals surface area contributed by atoms with Crippen LogP contribution in [-0.4, -0.2) is 45.3 Å². The Kier molecular flexibility index (Phi) is 3.81. The Hall–Kier alpha value is -0.160. The predicted octanol–water partition coefficient (Wildman–Crippen LogP) is -1.53. The molecule has 2 unspecified atom stereocenters. The molecule has 4 heteroatoms. The summed E-state index contributed by atoms with van der Waals surface area (Å²) in [5.74, 6) is 0. The maximum Gasteiger partial charge on any atom is 0.115 e.